The lowest BCUT2D eigenvalue weighted by Gasteiger charge is -2.31. The molecule has 3 rings (SSSR count). The predicted molar refractivity (Wildman–Crippen MR) is 92.3 cm³/mol. The van der Waals surface area contributed by atoms with Crippen molar-refractivity contribution in [1.82, 2.24) is 10.2 Å². The number of fused-ring (bicyclic) bond motifs is 1. The van der Waals surface area contributed by atoms with Crippen LogP contribution < -0.4 is 5.32 Å². The molecule has 0 spiro atoms. The molecule has 1 fully saturated rings. The van der Waals surface area contributed by atoms with E-state index in [9.17, 15) is 4.79 Å². The van der Waals surface area contributed by atoms with Gasteiger partial charge in [0.25, 0.3) is 0 Å². The first-order chi connectivity index (χ1) is 11.2. The molecule has 0 aliphatic carbocycles. The number of nitrogens with one attached hydrogen (secondary N) is 1. The third kappa shape index (κ3) is 3.58. The molecule has 0 radical (unpaired) electrons. The second kappa shape index (κ2) is 7.18. The lowest BCUT2D eigenvalue weighted by atomic mass is 9.93. The summed E-state index contributed by atoms with van der Waals surface area (Å²) >= 11 is 0. The minimum absolute atomic E-state index is 0.164. The maximum atomic E-state index is 11.5. The van der Waals surface area contributed by atoms with E-state index < -0.39 is 0 Å². The third-order valence-corrected chi connectivity index (χ3v) is 4.94. The van der Waals surface area contributed by atoms with Gasteiger partial charge in [-0.3, -0.25) is 9.69 Å². The highest BCUT2D eigenvalue weighted by Crippen LogP contribution is 2.29. The maximum absolute atomic E-state index is 11.5. The van der Waals surface area contributed by atoms with Gasteiger partial charge in [0.2, 0.25) is 5.91 Å². The number of amides is 1. The first-order valence-corrected chi connectivity index (χ1v) is 8.63. The molecule has 124 valence electrons. The predicted octanol–water partition coefficient (Wildman–Crippen LogP) is 3.34. The number of carbonyl (C=O) groups is 1. The Morgan fingerprint density at radius 2 is 2.04 bits per heavy atom. The van der Waals surface area contributed by atoms with Gasteiger partial charge in [0.05, 0.1) is 0 Å². The molecule has 0 unspecified atom stereocenters. The van der Waals surface area contributed by atoms with Gasteiger partial charge in [0.1, 0.15) is 11.3 Å². The highest BCUT2D eigenvalue weighted by Gasteiger charge is 2.23. The summed E-state index contributed by atoms with van der Waals surface area (Å²) in [5.74, 6) is 1.80. The molecule has 1 aliphatic rings. The van der Waals surface area contributed by atoms with Crippen molar-refractivity contribution in [1.29, 1.82) is 0 Å². The first kappa shape index (κ1) is 16.1. The van der Waals surface area contributed by atoms with Crippen LogP contribution in [0.15, 0.2) is 28.7 Å². The van der Waals surface area contributed by atoms with Crippen molar-refractivity contribution in [2.45, 2.75) is 39.2 Å². The van der Waals surface area contributed by atoms with E-state index >= 15 is 0 Å². The summed E-state index contributed by atoms with van der Waals surface area (Å²) in [6.45, 7) is 5.22. The van der Waals surface area contributed by atoms with Crippen molar-refractivity contribution in [2.24, 2.45) is 5.92 Å². The molecule has 0 saturated carbocycles. The molecule has 23 heavy (non-hydrogen) atoms. The van der Waals surface area contributed by atoms with E-state index in [0.29, 0.717) is 12.3 Å². The van der Waals surface area contributed by atoms with Gasteiger partial charge in [-0.1, -0.05) is 25.1 Å². The number of hydrogen-bond acceptors (Lipinski definition) is 3. The summed E-state index contributed by atoms with van der Waals surface area (Å²) in [4.78, 5) is 14.0. The van der Waals surface area contributed by atoms with Crippen molar-refractivity contribution in [3.63, 3.8) is 0 Å². The van der Waals surface area contributed by atoms with Gasteiger partial charge < -0.3 is 9.73 Å². The summed E-state index contributed by atoms with van der Waals surface area (Å²) in [6.07, 6.45) is 3.80. The van der Waals surface area contributed by atoms with Crippen molar-refractivity contribution < 1.29 is 9.21 Å². The van der Waals surface area contributed by atoms with Crippen LogP contribution in [0.3, 0.4) is 0 Å². The number of carbonyl (C=O) groups excluding carboxylic acids is 1. The van der Waals surface area contributed by atoms with Crippen LogP contribution in [0.2, 0.25) is 0 Å². The molecular weight excluding hydrogens is 288 g/mol. The molecule has 4 heteroatoms. The highest BCUT2D eigenvalue weighted by atomic mass is 16.3. The standard InChI is InChI=1S/C19H26N2O2/c1-3-17-16(15-6-4-5-7-18(15)23-17)13-21-10-8-14(9-11-21)12-19(22)20-2/h4-7,14H,3,8-13H2,1-2H3,(H,20,22). The largest absolute Gasteiger partial charge is 0.461 e. The van der Waals surface area contributed by atoms with E-state index in [1.807, 2.05) is 12.1 Å². The Morgan fingerprint density at radius 1 is 1.30 bits per heavy atom. The average Bonchev–Trinajstić information content (AvgIpc) is 2.94. The minimum atomic E-state index is 0.164. The number of hydrogen-bond donors (Lipinski definition) is 1. The van der Waals surface area contributed by atoms with Crippen molar-refractivity contribution in [3.05, 3.63) is 35.6 Å². The lowest BCUT2D eigenvalue weighted by Crippen LogP contribution is -2.35. The lowest BCUT2D eigenvalue weighted by molar-refractivity contribution is -0.121. The van der Waals surface area contributed by atoms with Gasteiger partial charge in [0.15, 0.2) is 0 Å². The minimum Gasteiger partial charge on any atom is -0.461 e. The second-order valence-electron chi connectivity index (χ2n) is 6.45. The second-order valence-corrected chi connectivity index (χ2v) is 6.45. The normalized spacial score (nSPS) is 16.8. The molecule has 1 aliphatic heterocycles. The van der Waals surface area contributed by atoms with Crippen LogP contribution in [0.4, 0.5) is 0 Å². The van der Waals surface area contributed by atoms with Crippen LogP contribution in [0, 0.1) is 5.92 Å². The zero-order valence-corrected chi connectivity index (χ0v) is 14.1. The Labute approximate surface area is 137 Å². The molecule has 1 aromatic heterocycles. The van der Waals surface area contributed by atoms with E-state index in [4.69, 9.17) is 4.42 Å². The van der Waals surface area contributed by atoms with Gasteiger partial charge in [-0.15, -0.1) is 0 Å². The maximum Gasteiger partial charge on any atom is 0.220 e. The van der Waals surface area contributed by atoms with Gasteiger partial charge in [-0.2, -0.15) is 0 Å². The summed E-state index contributed by atoms with van der Waals surface area (Å²) < 4.78 is 6.00. The Kier molecular flexibility index (Phi) is 5.01. The molecule has 0 bridgehead atoms. The molecule has 1 saturated heterocycles. The number of rotatable bonds is 5. The Bertz CT molecular complexity index is 669. The van der Waals surface area contributed by atoms with E-state index in [1.165, 1.54) is 10.9 Å². The van der Waals surface area contributed by atoms with E-state index in [-0.39, 0.29) is 5.91 Å². The van der Waals surface area contributed by atoms with Crippen LogP contribution in [0.25, 0.3) is 11.0 Å². The molecule has 0 atom stereocenters. The van der Waals surface area contributed by atoms with Crippen molar-refractivity contribution in [3.8, 4) is 0 Å². The third-order valence-electron chi connectivity index (χ3n) is 4.94. The van der Waals surface area contributed by atoms with Gasteiger partial charge >= 0.3 is 0 Å². The van der Waals surface area contributed by atoms with Crippen LogP contribution in [-0.2, 0) is 17.8 Å². The summed E-state index contributed by atoms with van der Waals surface area (Å²) in [5, 5.41) is 3.98. The smallest absolute Gasteiger partial charge is 0.220 e. The Hall–Kier alpha value is -1.81. The summed E-state index contributed by atoms with van der Waals surface area (Å²) in [6, 6.07) is 8.31. The molecule has 2 heterocycles. The molecule has 1 aromatic carbocycles. The highest BCUT2D eigenvalue weighted by molar-refractivity contribution is 5.82. The zero-order valence-electron chi connectivity index (χ0n) is 14.1. The Balaban J connectivity index is 1.66. The molecule has 1 amide bonds. The summed E-state index contributed by atoms with van der Waals surface area (Å²) in [5.41, 5.74) is 2.33. The van der Waals surface area contributed by atoms with Gasteiger partial charge in [0, 0.05) is 37.4 Å². The van der Waals surface area contributed by atoms with E-state index in [2.05, 4.69) is 29.3 Å². The van der Waals surface area contributed by atoms with E-state index in [1.54, 1.807) is 7.05 Å². The number of nitrogens with zero attached hydrogens (tertiary/aromatic N) is 1. The van der Waals surface area contributed by atoms with Crippen LogP contribution >= 0.6 is 0 Å². The number of likely N-dealkylation sites (tertiary alicyclic amines) is 1. The van der Waals surface area contributed by atoms with E-state index in [0.717, 1.165) is 50.2 Å². The average molecular weight is 314 g/mol. The van der Waals surface area contributed by atoms with Gasteiger partial charge in [-0.25, -0.2) is 0 Å². The van der Waals surface area contributed by atoms with Crippen LogP contribution in [0.1, 0.15) is 37.5 Å². The van der Waals surface area contributed by atoms with Crippen LogP contribution in [-0.4, -0.2) is 30.9 Å². The number of piperidine rings is 1. The molecule has 2 aromatic rings. The SMILES string of the molecule is CCc1oc2ccccc2c1CN1CCC(CC(=O)NC)CC1. The van der Waals surface area contributed by atoms with Crippen molar-refractivity contribution in [2.75, 3.05) is 20.1 Å². The zero-order chi connectivity index (χ0) is 16.2. The fraction of sp³-hybridized carbons (Fsp3) is 0.526. The fourth-order valence-electron chi connectivity index (χ4n) is 3.54. The summed E-state index contributed by atoms with van der Waals surface area (Å²) in [7, 11) is 1.72. The number of benzene rings is 1. The fourth-order valence-corrected chi connectivity index (χ4v) is 3.54. The Morgan fingerprint density at radius 3 is 2.74 bits per heavy atom. The monoisotopic (exact) mass is 314 g/mol. The number of para-hydroxylation sites is 1. The van der Waals surface area contributed by atoms with Crippen LogP contribution in [0.5, 0.6) is 0 Å². The molecule has 4 nitrogen and oxygen atoms in total. The van der Waals surface area contributed by atoms with Crippen molar-refractivity contribution >= 4 is 16.9 Å². The number of aryl methyl sites for hydroxylation is 1. The number of furan rings is 1. The first-order valence-electron chi connectivity index (χ1n) is 8.63. The van der Waals surface area contributed by atoms with Gasteiger partial charge in [-0.05, 0) is 37.9 Å². The topological polar surface area (TPSA) is 45.5 Å². The quantitative estimate of drug-likeness (QED) is 0.920. The molecule has 1 N–H and O–H groups in total. The molecular formula is C19H26N2O2.